The van der Waals surface area contributed by atoms with Crippen LogP contribution in [0.5, 0.6) is 0 Å². The molecule has 2 N–H and O–H groups in total. The molecule has 0 unspecified atom stereocenters. The van der Waals surface area contributed by atoms with E-state index >= 15 is 0 Å². The van der Waals surface area contributed by atoms with Gasteiger partial charge in [0.05, 0.1) is 16.9 Å². The number of para-hydroxylation sites is 2. The molecule has 0 saturated carbocycles. The van der Waals surface area contributed by atoms with Gasteiger partial charge in [-0.3, -0.25) is 24.7 Å². The number of thioether (sulfide) groups is 1. The molecule has 0 aliphatic carbocycles. The summed E-state index contributed by atoms with van der Waals surface area (Å²) in [5.41, 5.74) is 4.81. The van der Waals surface area contributed by atoms with Crippen LogP contribution in [-0.4, -0.2) is 31.2 Å². The van der Waals surface area contributed by atoms with E-state index in [2.05, 4.69) is 49.5 Å². The summed E-state index contributed by atoms with van der Waals surface area (Å²) in [6.07, 6.45) is 1.51. The van der Waals surface area contributed by atoms with Gasteiger partial charge >= 0.3 is 0 Å². The van der Waals surface area contributed by atoms with Crippen molar-refractivity contribution in [2.45, 2.75) is 24.8 Å². The zero-order valence-corrected chi connectivity index (χ0v) is 21.1. The number of aryl methyl sites for hydroxylation is 2. The lowest BCUT2D eigenvalue weighted by atomic mass is 10.1. The molecule has 0 amide bonds. The Morgan fingerprint density at radius 2 is 1.65 bits per heavy atom. The number of hydrogen-bond acceptors (Lipinski definition) is 6. The van der Waals surface area contributed by atoms with Crippen LogP contribution >= 0.6 is 11.8 Å². The van der Waals surface area contributed by atoms with Gasteiger partial charge in [0.1, 0.15) is 0 Å². The van der Waals surface area contributed by atoms with Crippen molar-refractivity contribution in [2.75, 3.05) is 0 Å². The zero-order valence-electron chi connectivity index (χ0n) is 20.3. The van der Waals surface area contributed by atoms with Crippen molar-refractivity contribution in [2.24, 2.45) is 4.99 Å². The molecule has 5 aromatic rings. The van der Waals surface area contributed by atoms with Gasteiger partial charge in [-0.2, -0.15) is 0 Å². The smallest absolute Gasteiger partial charge is 0.280 e. The Labute approximate surface area is 217 Å². The summed E-state index contributed by atoms with van der Waals surface area (Å²) in [4.78, 5) is 33.3. The second-order valence-corrected chi connectivity index (χ2v) is 9.45. The number of H-pyrrole nitrogens is 2. The summed E-state index contributed by atoms with van der Waals surface area (Å²) in [5.74, 6) is 0.668. The molecule has 0 aliphatic heterocycles. The van der Waals surface area contributed by atoms with Crippen LogP contribution < -0.4 is 11.1 Å². The highest BCUT2D eigenvalue weighted by atomic mass is 32.2. The summed E-state index contributed by atoms with van der Waals surface area (Å²) in [7, 11) is 0. The van der Waals surface area contributed by atoms with Gasteiger partial charge in [-0.25, -0.2) is 4.68 Å². The lowest BCUT2D eigenvalue weighted by Gasteiger charge is -2.05. The molecule has 5 rings (SSSR count). The first kappa shape index (κ1) is 24.2. The molecule has 0 aliphatic rings. The van der Waals surface area contributed by atoms with Gasteiger partial charge in [0.15, 0.2) is 10.9 Å². The van der Waals surface area contributed by atoms with Crippen molar-refractivity contribution in [3.05, 3.63) is 122 Å². The molecule has 0 saturated heterocycles. The Morgan fingerprint density at radius 1 is 0.919 bits per heavy atom. The van der Waals surface area contributed by atoms with E-state index in [1.54, 1.807) is 18.2 Å². The third-order valence-electron chi connectivity index (χ3n) is 5.80. The Bertz CT molecular complexity index is 1680. The number of nitrogens with zero attached hydrogens (tertiary/aromatic N) is 4. The topological polar surface area (TPSA) is 109 Å². The van der Waals surface area contributed by atoms with Crippen molar-refractivity contribution in [3.63, 3.8) is 0 Å². The van der Waals surface area contributed by atoms with Crippen molar-refractivity contribution in [1.82, 2.24) is 25.0 Å². The Morgan fingerprint density at radius 3 is 2.41 bits per heavy atom. The lowest BCUT2D eigenvalue weighted by molar-refractivity contribution is 0.824. The highest BCUT2D eigenvalue weighted by Crippen LogP contribution is 2.27. The highest BCUT2D eigenvalue weighted by molar-refractivity contribution is 7.98. The molecule has 184 valence electrons. The summed E-state index contributed by atoms with van der Waals surface area (Å²) in [6.45, 7) is 3.86. The molecule has 37 heavy (non-hydrogen) atoms. The molecule has 8 nitrogen and oxygen atoms in total. The summed E-state index contributed by atoms with van der Waals surface area (Å²) in [5, 5.41) is 12.0. The van der Waals surface area contributed by atoms with E-state index in [4.69, 9.17) is 0 Å². The third-order valence-corrected chi connectivity index (χ3v) is 6.73. The fourth-order valence-electron chi connectivity index (χ4n) is 3.79. The number of aliphatic imine (C=N–C) groups is 1. The summed E-state index contributed by atoms with van der Waals surface area (Å²) < 4.78 is 1.48. The number of aromatic amines is 2. The van der Waals surface area contributed by atoms with Crippen LogP contribution in [0.25, 0.3) is 16.9 Å². The van der Waals surface area contributed by atoms with Gasteiger partial charge in [0.25, 0.3) is 11.1 Å². The molecule has 9 heteroatoms. The van der Waals surface area contributed by atoms with Crippen LogP contribution in [0.1, 0.15) is 22.4 Å². The number of hydrogen-bond donors (Lipinski definition) is 2. The van der Waals surface area contributed by atoms with E-state index in [1.165, 1.54) is 28.2 Å². The van der Waals surface area contributed by atoms with E-state index in [0.29, 0.717) is 33.4 Å². The summed E-state index contributed by atoms with van der Waals surface area (Å²) in [6, 6.07) is 24.7. The SMILES string of the molecule is Cc1ccc(CSc2nnc(-c3ccccc3N=Cc3c(C)[nH]n(-c4ccccc4)c3=O)c(=O)[nH]2)cc1. The van der Waals surface area contributed by atoms with Crippen molar-refractivity contribution >= 4 is 23.7 Å². The van der Waals surface area contributed by atoms with Crippen LogP contribution in [0.15, 0.2) is 98.6 Å². The minimum atomic E-state index is -0.353. The van der Waals surface area contributed by atoms with Crippen molar-refractivity contribution in [1.29, 1.82) is 0 Å². The van der Waals surface area contributed by atoms with E-state index in [-0.39, 0.29) is 16.8 Å². The van der Waals surface area contributed by atoms with Crippen LogP contribution in [-0.2, 0) is 5.75 Å². The standard InChI is InChI=1S/C28H24N6O2S/c1-18-12-14-20(15-13-18)17-37-28-30-26(35)25(31-32-28)22-10-6-7-11-24(22)29-16-23-19(2)33-34(27(23)36)21-8-4-3-5-9-21/h3-16,33H,17H2,1-2H3,(H,30,32,35). The van der Waals surface area contributed by atoms with E-state index < -0.39 is 0 Å². The van der Waals surface area contributed by atoms with E-state index in [9.17, 15) is 9.59 Å². The maximum Gasteiger partial charge on any atom is 0.280 e. The third kappa shape index (κ3) is 5.36. The van der Waals surface area contributed by atoms with Crippen molar-refractivity contribution < 1.29 is 0 Å². The lowest BCUT2D eigenvalue weighted by Crippen LogP contribution is -2.17. The largest absolute Gasteiger partial charge is 0.298 e. The molecule has 0 atom stereocenters. The average molecular weight is 509 g/mol. The Kier molecular flexibility index (Phi) is 6.96. The maximum atomic E-state index is 13.0. The Balaban J connectivity index is 1.40. The average Bonchev–Trinajstić information content (AvgIpc) is 3.21. The molecule has 0 spiro atoms. The Hall–Kier alpha value is -4.50. The second kappa shape index (κ2) is 10.6. The molecule has 2 aromatic heterocycles. The molecule has 0 bridgehead atoms. The first-order chi connectivity index (χ1) is 18.0. The van der Waals surface area contributed by atoms with Gasteiger partial charge in [0.2, 0.25) is 0 Å². The minimum absolute atomic E-state index is 0.167. The quantitative estimate of drug-likeness (QED) is 0.238. The first-order valence-corrected chi connectivity index (χ1v) is 12.6. The number of benzene rings is 3. The maximum absolute atomic E-state index is 13.0. The van der Waals surface area contributed by atoms with Crippen LogP contribution in [0.2, 0.25) is 0 Å². The van der Waals surface area contributed by atoms with Gasteiger partial charge < -0.3 is 0 Å². The molecule has 3 aromatic carbocycles. The second-order valence-electron chi connectivity index (χ2n) is 8.48. The van der Waals surface area contributed by atoms with Gasteiger partial charge in [-0.15, -0.1) is 10.2 Å². The van der Waals surface area contributed by atoms with E-state index in [1.807, 2.05) is 50.2 Å². The van der Waals surface area contributed by atoms with Crippen LogP contribution in [0.3, 0.4) is 0 Å². The fourth-order valence-corrected chi connectivity index (χ4v) is 4.55. The molecular weight excluding hydrogens is 484 g/mol. The first-order valence-electron chi connectivity index (χ1n) is 11.7. The van der Waals surface area contributed by atoms with Gasteiger partial charge in [-0.05, 0) is 37.6 Å². The molecule has 2 heterocycles. The van der Waals surface area contributed by atoms with Gasteiger partial charge in [-0.1, -0.05) is 78.0 Å². The van der Waals surface area contributed by atoms with Crippen molar-refractivity contribution in [3.8, 4) is 16.9 Å². The van der Waals surface area contributed by atoms with Gasteiger partial charge in [0, 0.05) is 23.2 Å². The molecular formula is C28H24N6O2S. The van der Waals surface area contributed by atoms with Crippen LogP contribution in [0, 0.1) is 13.8 Å². The normalized spacial score (nSPS) is 11.3. The molecule has 0 fully saturated rings. The number of aromatic nitrogens is 5. The highest BCUT2D eigenvalue weighted by Gasteiger charge is 2.14. The predicted molar refractivity (Wildman–Crippen MR) is 147 cm³/mol. The zero-order chi connectivity index (χ0) is 25.8. The molecule has 0 radical (unpaired) electrons. The minimum Gasteiger partial charge on any atom is -0.298 e. The monoisotopic (exact) mass is 508 g/mol. The summed E-state index contributed by atoms with van der Waals surface area (Å²) >= 11 is 1.41. The number of nitrogens with one attached hydrogen (secondary N) is 2. The van der Waals surface area contributed by atoms with Crippen LogP contribution in [0.4, 0.5) is 5.69 Å². The fraction of sp³-hybridized carbons (Fsp3) is 0.107. The van der Waals surface area contributed by atoms with E-state index in [0.717, 1.165) is 11.3 Å². The predicted octanol–water partition coefficient (Wildman–Crippen LogP) is 4.97. The number of rotatable bonds is 7.